The van der Waals surface area contributed by atoms with E-state index in [1.54, 1.807) is 0 Å². The number of aromatic amines is 1. The van der Waals surface area contributed by atoms with E-state index in [9.17, 15) is 0 Å². The molecule has 2 rings (SSSR count). The molecule has 0 spiro atoms. The van der Waals surface area contributed by atoms with Crippen LogP contribution >= 0.6 is 12.2 Å². The highest BCUT2D eigenvalue weighted by Gasteiger charge is 2.22. The Bertz CT molecular complexity index is 609. The van der Waals surface area contributed by atoms with E-state index in [4.69, 9.17) is 12.2 Å². The lowest BCUT2D eigenvalue weighted by Crippen LogP contribution is -2.23. The van der Waals surface area contributed by atoms with Gasteiger partial charge in [0.25, 0.3) is 0 Å². The third-order valence-corrected chi connectivity index (χ3v) is 3.32. The number of nitrogens with zero attached hydrogens (tertiary/aromatic N) is 2. The van der Waals surface area contributed by atoms with Crippen molar-refractivity contribution in [1.29, 1.82) is 0 Å². The van der Waals surface area contributed by atoms with Crippen molar-refractivity contribution in [3.8, 4) is 11.4 Å². The van der Waals surface area contributed by atoms with Gasteiger partial charge in [-0.25, -0.2) is 0 Å². The van der Waals surface area contributed by atoms with Gasteiger partial charge in [0.2, 0.25) is 0 Å². The molecule has 0 unspecified atom stereocenters. The Balaban J connectivity index is 2.78. The second kappa shape index (κ2) is 4.35. The molecule has 0 aliphatic heterocycles. The fourth-order valence-electron chi connectivity index (χ4n) is 2.25. The standard InChI is InChI=1S/C14H19N3S/c1-9-7-6-8-10(2)11(9)12-15-16-13(18)17(12)14(3,4)5/h6-8H,1-5H3,(H,16,18). The quantitative estimate of drug-likeness (QED) is 0.788. The molecule has 0 saturated heterocycles. The minimum Gasteiger partial charge on any atom is -0.295 e. The van der Waals surface area contributed by atoms with E-state index in [-0.39, 0.29) is 5.54 Å². The second-order valence-electron chi connectivity index (χ2n) is 5.63. The van der Waals surface area contributed by atoms with Crippen molar-refractivity contribution < 1.29 is 0 Å². The highest BCUT2D eigenvalue weighted by Crippen LogP contribution is 2.29. The molecule has 1 aromatic heterocycles. The fourth-order valence-corrected chi connectivity index (χ4v) is 2.66. The number of aromatic nitrogens is 3. The third kappa shape index (κ3) is 2.12. The van der Waals surface area contributed by atoms with Gasteiger partial charge in [0.05, 0.1) is 0 Å². The van der Waals surface area contributed by atoms with Crippen LogP contribution in [0.3, 0.4) is 0 Å². The molecule has 4 heteroatoms. The first-order valence-electron chi connectivity index (χ1n) is 6.07. The summed E-state index contributed by atoms with van der Waals surface area (Å²) in [7, 11) is 0. The topological polar surface area (TPSA) is 33.6 Å². The maximum absolute atomic E-state index is 5.35. The van der Waals surface area contributed by atoms with E-state index in [0.29, 0.717) is 4.77 Å². The highest BCUT2D eigenvalue weighted by atomic mass is 32.1. The molecule has 1 N–H and O–H groups in total. The maximum Gasteiger partial charge on any atom is 0.195 e. The summed E-state index contributed by atoms with van der Waals surface area (Å²) in [6, 6.07) is 6.27. The van der Waals surface area contributed by atoms with Crippen LogP contribution in [0.2, 0.25) is 0 Å². The van der Waals surface area contributed by atoms with Gasteiger partial charge in [-0.3, -0.25) is 9.67 Å². The van der Waals surface area contributed by atoms with E-state index >= 15 is 0 Å². The van der Waals surface area contributed by atoms with Gasteiger partial charge in [-0.15, -0.1) is 0 Å². The molecule has 3 nitrogen and oxygen atoms in total. The lowest BCUT2D eigenvalue weighted by molar-refractivity contribution is 0.395. The van der Waals surface area contributed by atoms with Gasteiger partial charge in [0, 0.05) is 11.1 Å². The number of hydrogen-bond acceptors (Lipinski definition) is 2. The summed E-state index contributed by atoms with van der Waals surface area (Å²) in [6.07, 6.45) is 0. The van der Waals surface area contributed by atoms with Gasteiger partial charge < -0.3 is 0 Å². The Hall–Kier alpha value is -1.42. The van der Waals surface area contributed by atoms with E-state index < -0.39 is 0 Å². The molecule has 0 aliphatic carbocycles. The minimum atomic E-state index is -0.0891. The summed E-state index contributed by atoms with van der Waals surface area (Å²) in [6.45, 7) is 10.6. The Morgan fingerprint density at radius 1 is 1.17 bits per heavy atom. The molecule has 0 fully saturated rings. The van der Waals surface area contributed by atoms with Crippen molar-refractivity contribution in [1.82, 2.24) is 14.8 Å². The van der Waals surface area contributed by atoms with E-state index in [1.807, 2.05) is 0 Å². The molecule has 0 bridgehead atoms. The van der Waals surface area contributed by atoms with Gasteiger partial charge in [0.15, 0.2) is 10.6 Å². The van der Waals surface area contributed by atoms with Crippen LogP contribution in [-0.4, -0.2) is 14.8 Å². The normalized spacial score (nSPS) is 11.8. The van der Waals surface area contributed by atoms with Crippen LogP contribution in [0.1, 0.15) is 31.9 Å². The zero-order valence-electron chi connectivity index (χ0n) is 11.5. The molecule has 18 heavy (non-hydrogen) atoms. The third-order valence-electron chi connectivity index (χ3n) is 3.05. The molecule has 1 aromatic carbocycles. The zero-order valence-corrected chi connectivity index (χ0v) is 12.4. The lowest BCUT2D eigenvalue weighted by atomic mass is 10.0. The van der Waals surface area contributed by atoms with Crippen LogP contribution < -0.4 is 0 Å². The van der Waals surface area contributed by atoms with E-state index in [1.165, 1.54) is 16.7 Å². The average molecular weight is 261 g/mol. The van der Waals surface area contributed by atoms with Crippen molar-refractivity contribution in [2.75, 3.05) is 0 Å². The first kappa shape index (κ1) is 13.0. The van der Waals surface area contributed by atoms with Gasteiger partial charge >= 0.3 is 0 Å². The summed E-state index contributed by atoms with van der Waals surface area (Å²) >= 11 is 5.35. The first-order chi connectivity index (χ1) is 8.32. The summed E-state index contributed by atoms with van der Waals surface area (Å²) < 4.78 is 2.75. The largest absolute Gasteiger partial charge is 0.295 e. The molecule has 1 heterocycles. The van der Waals surface area contributed by atoms with E-state index in [0.717, 1.165) is 5.82 Å². The Morgan fingerprint density at radius 3 is 2.22 bits per heavy atom. The first-order valence-corrected chi connectivity index (χ1v) is 6.47. The molecule has 2 aromatic rings. The van der Waals surface area contributed by atoms with Gasteiger partial charge in [-0.05, 0) is 58.0 Å². The Kier molecular flexibility index (Phi) is 3.15. The predicted octanol–water partition coefficient (Wildman–Crippen LogP) is 3.98. The van der Waals surface area contributed by atoms with Crippen molar-refractivity contribution in [2.45, 2.75) is 40.2 Å². The summed E-state index contributed by atoms with van der Waals surface area (Å²) in [5.41, 5.74) is 3.51. The van der Waals surface area contributed by atoms with Crippen molar-refractivity contribution in [3.05, 3.63) is 34.1 Å². The summed E-state index contributed by atoms with van der Waals surface area (Å²) in [5, 5.41) is 7.33. The van der Waals surface area contributed by atoms with Crippen molar-refractivity contribution in [3.63, 3.8) is 0 Å². The zero-order chi connectivity index (χ0) is 13.5. The van der Waals surface area contributed by atoms with Crippen LogP contribution in [-0.2, 0) is 5.54 Å². The van der Waals surface area contributed by atoms with Crippen molar-refractivity contribution >= 4 is 12.2 Å². The van der Waals surface area contributed by atoms with Crippen molar-refractivity contribution in [2.24, 2.45) is 0 Å². The van der Waals surface area contributed by atoms with Gasteiger partial charge in [0.1, 0.15) is 0 Å². The predicted molar refractivity (Wildman–Crippen MR) is 77.3 cm³/mol. The van der Waals surface area contributed by atoms with Gasteiger partial charge in [-0.2, -0.15) is 5.10 Å². The maximum atomic E-state index is 5.35. The SMILES string of the molecule is Cc1cccc(C)c1-c1n[nH]c(=S)n1C(C)(C)C. The molecule has 0 radical (unpaired) electrons. The van der Waals surface area contributed by atoms with Crippen LogP contribution in [0.5, 0.6) is 0 Å². The average Bonchev–Trinajstić information content (AvgIpc) is 2.59. The lowest BCUT2D eigenvalue weighted by Gasteiger charge is -2.23. The van der Waals surface area contributed by atoms with Crippen LogP contribution in [0.15, 0.2) is 18.2 Å². The monoisotopic (exact) mass is 261 g/mol. The van der Waals surface area contributed by atoms with Crippen LogP contribution in [0.25, 0.3) is 11.4 Å². The smallest absolute Gasteiger partial charge is 0.195 e. The summed E-state index contributed by atoms with van der Waals surface area (Å²) in [5.74, 6) is 0.920. The molecule has 0 aliphatic rings. The molecule has 0 atom stereocenters. The second-order valence-corrected chi connectivity index (χ2v) is 6.01. The Morgan fingerprint density at radius 2 is 1.72 bits per heavy atom. The molecular formula is C14H19N3S. The molecule has 96 valence electrons. The highest BCUT2D eigenvalue weighted by molar-refractivity contribution is 7.71. The number of rotatable bonds is 1. The molecule has 0 saturated carbocycles. The summed E-state index contributed by atoms with van der Waals surface area (Å²) in [4.78, 5) is 0. The van der Waals surface area contributed by atoms with Gasteiger partial charge in [-0.1, -0.05) is 18.2 Å². The van der Waals surface area contributed by atoms with E-state index in [2.05, 4.69) is 67.6 Å². The van der Waals surface area contributed by atoms with Crippen LogP contribution in [0, 0.1) is 18.6 Å². The molecular weight excluding hydrogens is 242 g/mol. The number of benzene rings is 1. The number of aryl methyl sites for hydroxylation is 2. The molecule has 0 amide bonds. The number of hydrogen-bond donors (Lipinski definition) is 1. The minimum absolute atomic E-state index is 0.0891. The number of nitrogens with one attached hydrogen (secondary N) is 1. The number of H-pyrrole nitrogens is 1. The Labute approximate surface area is 113 Å². The van der Waals surface area contributed by atoms with Crippen LogP contribution in [0.4, 0.5) is 0 Å². The fraction of sp³-hybridized carbons (Fsp3) is 0.429.